The van der Waals surface area contributed by atoms with E-state index in [4.69, 9.17) is 15.0 Å². The van der Waals surface area contributed by atoms with Crippen LogP contribution in [0, 0.1) is 6.92 Å². The number of rotatable bonds is 9. The van der Waals surface area contributed by atoms with Gasteiger partial charge in [0.05, 0.1) is 17.4 Å². The van der Waals surface area contributed by atoms with E-state index in [9.17, 15) is 18.0 Å². The molecule has 0 spiro atoms. The van der Waals surface area contributed by atoms with E-state index >= 15 is 0 Å². The highest BCUT2D eigenvalue weighted by Crippen LogP contribution is 2.08. The van der Waals surface area contributed by atoms with Gasteiger partial charge in [0.15, 0.2) is 0 Å². The minimum Gasteiger partial charge on any atom is -0.461 e. The van der Waals surface area contributed by atoms with Gasteiger partial charge in [-0.2, -0.15) is 8.42 Å². The van der Waals surface area contributed by atoms with Crippen molar-refractivity contribution in [2.45, 2.75) is 37.3 Å². The van der Waals surface area contributed by atoms with Crippen LogP contribution in [0.3, 0.4) is 0 Å². The molecule has 1 atom stereocenters. The number of benzene rings is 3. The molecule has 3 aromatic carbocycles. The summed E-state index contributed by atoms with van der Waals surface area (Å²) >= 11 is 0. The van der Waals surface area contributed by atoms with E-state index in [0.29, 0.717) is 6.42 Å². The summed E-state index contributed by atoms with van der Waals surface area (Å²) in [5, 5.41) is 2.67. The minimum absolute atomic E-state index is 0.0666. The van der Waals surface area contributed by atoms with Crippen LogP contribution in [0.15, 0.2) is 89.8 Å². The molecular weight excluding hydrogens is 468 g/mol. The van der Waals surface area contributed by atoms with Crippen molar-refractivity contribution in [3.05, 3.63) is 102 Å². The molecule has 0 bridgehead atoms. The Morgan fingerprint density at radius 2 is 1.46 bits per heavy atom. The van der Waals surface area contributed by atoms with Crippen molar-refractivity contribution in [1.82, 2.24) is 5.32 Å². The van der Waals surface area contributed by atoms with Crippen LogP contribution in [0.2, 0.25) is 0 Å². The van der Waals surface area contributed by atoms with Crippen molar-refractivity contribution < 1.29 is 27.3 Å². The van der Waals surface area contributed by atoms with Crippen LogP contribution in [0.5, 0.6) is 0 Å². The maximum atomic E-state index is 11.9. The van der Waals surface area contributed by atoms with E-state index < -0.39 is 16.2 Å². The van der Waals surface area contributed by atoms with Gasteiger partial charge in [-0.15, -0.1) is 0 Å². The third-order valence-electron chi connectivity index (χ3n) is 4.83. The Bertz CT molecular complexity index is 1170. The van der Waals surface area contributed by atoms with Crippen LogP contribution >= 0.6 is 0 Å². The predicted octanol–water partition coefficient (Wildman–Crippen LogP) is 3.05. The van der Waals surface area contributed by atoms with Crippen molar-refractivity contribution >= 4 is 22.0 Å². The van der Waals surface area contributed by atoms with Crippen molar-refractivity contribution in [3.63, 3.8) is 0 Å². The summed E-state index contributed by atoms with van der Waals surface area (Å²) in [6.45, 7) is 2.30. The summed E-state index contributed by atoms with van der Waals surface area (Å²) in [5.41, 5.74) is 8.76. The Labute approximate surface area is 205 Å². The largest absolute Gasteiger partial charge is 0.461 e. The molecule has 4 N–H and O–H groups in total. The zero-order valence-electron chi connectivity index (χ0n) is 19.5. The van der Waals surface area contributed by atoms with Gasteiger partial charge < -0.3 is 15.8 Å². The van der Waals surface area contributed by atoms with Crippen LogP contribution in [0.1, 0.15) is 23.1 Å². The zero-order chi connectivity index (χ0) is 25.7. The number of nitrogens with one attached hydrogen (secondary N) is 1. The smallest absolute Gasteiger partial charge is 0.307 e. The monoisotopic (exact) mass is 498 g/mol. The summed E-state index contributed by atoms with van der Waals surface area (Å²) < 4.78 is 34.7. The molecule has 35 heavy (non-hydrogen) atoms. The first kappa shape index (κ1) is 27.7. The molecule has 0 aliphatic carbocycles. The van der Waals surface area contributed by atoms with E-state index in [0.717, 1.165) is 16.7 Å². The lowest BCUT2D eigenvalue weighted by Gasteiger charge is -2.12. The number of hydrogen-bond donors (Lipinski definition) is 3. The summed E-state index contributed by atoms with van der Waals surface area (Å²) in [6.07, 6.45) is 0.585. The maximum absolute atomic E-state index is 11.9. The first-order valence-corrected chi connectivity index (χ1v) is 12.4. The Hall–Kier alpha value is -3.53. The third-order valence-corrected chi connectivity index (χ3v) is 5.69. The van der Waals surface area contributed by atoms with Gasteiger partial charge >= 0.3 is 5.97 Å². The second kappa shape index (κ2) is 14.0. The molecule has 1 amide bonds. The maximum Gasteiger partial charge on any atom is 0.307 e. The van der Waals surface area contributed by atoms with E-state index in [1.54, 1.807) is 12.1 Å². The fraction of sp³-hybridized carbons (Fsp3) is 0.231. The molecule has 186 valence electrons. The number of aryl methyl sites for hydroxylation is 1. The van der Waals surface area contributed by atoms with Gasteiger partial charge in [0.2, 0.25) is 5.91 Å². The normalized spacial score (nSPS) is 11.5. The van der Waals surface area contributed by atoms with Gasteiger partial charge in [-0.1, -0.05) is 78.4 Å². The lowest BCUT2D eigenvalue weighted by Crippen LogP contribution is -2.42. The highest BCUT2D eigenvalue weighted by Gasteiger charge is 2.14. The van der Waals surface area contributed by atoms with Gasteiger partial charge in [-0.05, 0) is 36.6 Å². The Kier molecular flexibility index (Phi) is 11.1. The molecule has 0 aliphatic heterocycles. The summed E-state index contributed by atoms with van der Waals surface area (Å²) in [4.78, 5) is 23.5. The average molecular weight is 499 g/mol. The van der Waals surface area contributed by atoms with E-state index in [1.807, 2.05) is 67.6 Å². The molecule has 8 nitrogen and oxygen atoms in total. The average Bonchev–Trinajstić information content (AvgIpc) is 2.84. The fourth-order valence-corrected chi connectivity index (χ4v) is 3.38. The molecule has 0 aromatic heterocycles. The lowest BCUT2D eigenvalue weighted by molar-refractivity contribution is -0.144. The SMILES string of the molecule is Cc1ccc(S(=O)(=O)O)cc1.N[C@@H](Cc1ccccc1)C(=O)NCCC(=O)OCc1ccccc1. The van der Waals surface area contributed by atoms with E-state index in [2.05, 4.69) is 5.32 Å². The molecule has 0 heterocycles. The first-order chi connectivity index (χ1) is 16.6. The molecular formula is C26H30N2O6S. The Morgan fingerprint density at radius 3 is 2.00 bits per heavy atom. The highest BCUT2D eigenvalue weighted by atomic mass is 32.2. The van der Waals surface area contributed by atoms with Crippen LogP contribution in [-0.2, 0) is 37.5 Å². The summed E-state index contributed by atoms with van der Waals surface area (Å²) in [6, 6.07) is 24.4. The fourth-order valence-electron chi connectivity index (χ4n) is 2.90. The van der Waals surface area contributed by atoms with Crippen molar-refractivity contribution in [2.24, 2.45) is 5.73 Å². The summed E-state index contributed by atoms with van der Waals surface area (Å²) in [5.74, 6) is -0.620. The zero-order valence-corrected chi connectivity index (χ0v) is 20.3. The molecule has 9 heteroatoms. The molecule has 3 rings (SSSR count). The van der Waals surface area contributed by atoms with Crippen LogP contribution in [-0.4, -0.2) is 37.4 Å². The van der Waals surface area contributed by atoms with Gasteiger partial charge in [-0.25, -0.2) is 0 Å². The third kappa shape index (κ3) is 11.0. The standard InChI is InChI=1S/C19H22N2O3.C7H8O3S/c20-17(13-15-7-3-1-4-8-15)19(23)21-12-11-18(22)24-14-16-9-5-2-6-10-16;1-6-2-4-7(5-3-6)11(8,9)10/h1-10,17H,11-14,20H2,(H,21,23);2-5H,1H3,(H,8,9,10)/t17-;/m0./s1. The number of hydrogen-bond acceptors (Lipinski definition) is 6. The van der Waals surface area contributed by atoms with Gasteiger partial charge in [0, 0.05) is 6.54 Å². The number of ether oxygens (including phenoxy) is 1. The molecule has 3 aromatic rings. The van der Waals surface area contributed by atoms with Crippen molar-refractivity contribution in [1.29, 1.82) is 0 Å². The van der Waals surface area contributed by atoms with Crippen LogP contribution < -0.4 is 11.1 Å². The predicted molar refractivity (Wildman–Crippen MR) is 133 cm³/mol. The van der Waals surface area contributed by atoms with Crippen LogP contribution in [0.4, 0.5) is 0 Å². The molecule has 0 radical (unpaired) electrons. The Balaban J connectivity index is 0.000000328. The number of nitrogens with two attached hydrogens (primary N) is 1. The number of carbonyl (C=O) groups excluding carboxylic acids is 2. The molecule has 0 fully saturated rings. The van der Waals surface area contributed by atoms with Gasteiger partial charge in [0.25, 0.3) is 10.1 Å². The number of esters is 1. The topological polar surface area (TPSA) is 136 Å². The minimum atomic E-state index is -4.02. The van der Waals surface area contributed by atoms with Crippen LogP contribution in [0.25, 0.3) is 0 Å². The second-order valence-corrected chi connectivity index (χ2v) is 9.19. The van der Waals surface area contributed by atoms with Gasteiger partial charge in [0.1, 0.15) is 6.61 Å². The van der Waals surface area contributed by atoms with E-state index in [1.165, 1.54) is 12.1 Å². The molecule has 0 saturated carbocycles. The number of carbonyl (C=O) groups is 2. The molecule has 0 unspecified atom stereocenters. The van der Waals surface area contributed by atoms with Crippen molar-refractivity contribution in [3.8, 4) is 0 Å². The van der Waals surface area contributed by atoms with E-state index in [-0.39, 0.29) is 36.3 Å². The summed E-state index contributed by atoms with van der Waals surface area (Å²) in [7, 11) is -4.02. The first-order valence-electron chi connectivity index (χ1n) is 11.0. The number of amides is 1. The second-order valence-electron chi connectivity index (χ2n) is 7.77. The van der Waals surface area contributed by atoms with Crippen molar-refractivity contribution in [2.75, 3.05) is 6.54 Å². The highest BCUT2D eigenvalue weighted by molar-refractivity contribution is 7.85. The lowest BCUT2D eigenvalue weighted by atomic mass is 10.1. The quantitative estimate of drug-likeness (QED) is 0.305. The molecule has 0 saturated heterocycles. The Morgan fingerprint density at radius 1 is 0.914 bits per heavy atom. The molecule has 0 aliphatic rings. The van der Waals surface area contributed by atoms with Gasteiger partial charge in [-0.3, -0.25) is 14.1 Å².